The van der Waals surface area contributed by atoms with E-state index >= 15 is 0 Å². The van der Waals surface area contributed by atoms with Crippen LogP contribution in [-0.4, -0.2) is 20.2 Å². The fourth-order valence-electron chi connectivity index (χ4n) is 1.72. The Kier molecular flexibility index (Phi) is 3.46. The minimum absolute atomic E-state index is 0.838. The molecule has 0 spiro atoms. The van der Waals surface area contributed by atoms with E-state index in [2.05, 4.69) is 31.0 Å². The average Bonchev–Trinajstić information content (AvgIpc) is 2.56. The molecule has 0 aliphatic carbocycles. The van der Waals surface area contributed by atoms with Gasteiger partial charge in [0.2, 0.25) is 0 Å². The zero-order valence-electron chi connectivity index (χ0n) is 10.6. The van der Waals surface area contributed by atoms with Gasteiger partial charge in [0.15, 0.2) is 5.82 Å². The standard InChI is InChI=1S/C7H5N3.C7H7N3/c1-2-7-6(8-4-1)3-5-9-10-7;1-2-6-3-5-9-10-7(6)8-4-1/h1-5H;1-5,9H,(H,8,10). The highest BCUT2D eigenvalue weighted by molar-refractivity contribution is 5.72. The van der Waals surface area contributed by atoms with Gasteiger partial charge in [-0.1, -0.05) is 0 Å². The second-order valence-corrected chi connectivity index (χ2v) is 3.98. The summed E-state index contributed by atoms with van der Waals surface area (Å²) in [5.41, 5.74) is 8.60. The van der Waals surface area contributed by atoms with Crippen LogP contribution in [0.25, 0.3) is 17.1 Å². The summed E-state index contributed by atoms with van der Waals surface area (Å²) in [5, 5.41) is 7.59. The van der Waals surface area contributed by atoms with Crippen LogP contribution in [0, 0.1) is 0 Å². The Balaban J connectivity index is 0.000000121. The second-order valence-electron chi connectivity index (χ2n) is 3.98. The quantitative estimate of drug-likeness (QED) is 0.647. The molecule has 0 radical (unpaired) electrons. The van der Waals surface area contributed by atoms with Crippen molar-refractivity contribution in [3.8, 4) is 0 Å². The lowest BCUT2D eigenvalue weighted by molar-refractivity contribution is 1.02. The van der Waals surface area contributed by atoms with Gasteiger partial charge in [-0.2, -0.15) is 5.10 Å². The highest BCUT2D eigenvalue weighted by atomic mass is 15.4. The molecule has 1 aliphatic rings. The van der Waals surface area contributed by atoms with Crippen LogP contribution in [0.3, 0.4) is 0 Å². The highest BCUT2D eigenvalue weighted by Gasteiger charge is 2.00. The van der Waals surface area contributed by atoms with Crippen LogP contribution >= 0.6 is 0 Å². The molecule has 4 heterocycles. The number of hydrogen-bond donors (Lipinski definition) is 2. The molecule has 4 rings (SSSR count). The van der Waals surface area contributed by atoms with Crippen LogP contribution in [0.1, 0.15) is 5.56 Å². The molecule has 0 atom stereocenters. The van der Waals surface area contributed by atoms with Crippen molar-refractivity contribution in [1.82, 2.24) is 25.6 Å². The molecule has 3 aromatic rings. The van der Waals surface area contributed by atoms with Crippen molar-refractivity contribution in [1.29, 1.82) is 0 Å². The molecular weight excluding hydrogens is 252 g/mol. The van der Waals surface area contributed by atoms with Crippen LogP contribution in [0.5, 0.6) is 0 Å². The van der Waals surface area contributed by atoms with Crippen molar-refractivity contribution in [3.05, 3.63) is 60.7 Å². The number of fused-ring (bicyclic) bond motifs is 2. The molecule has 0 amide bonds. The van der Waals surface area contributed by atoms with E-state index in [9.17, 15) is 0 Å². The lowest BCUT2D eigenvalue weighted by atomic mass is 10.2. The van der Waals surface area contributed by atoms with E-state index in [1.54, 1.807) is 18.6 Å². The van der Waals surface area contributed by atoms with Crippen LogP contribution in [0.4, 0.5) is 5.82 Å². The molecule has 0 aromatic carbocycles. The Morgan fingerprint density at radius 1 is 0.850 bits per heavy atom. The molecule has 98 valence electrons. The Morgan fingerprint density at radius 2 is 1.75 bits per heavy atom. The molecule has 1 aliphatic heterocycles. The van der Waals surface area contributed by atoms with E-state index in [-0.39, 0.29) is 0 Å². The maximum Gasteiger partial charge on any atom is 0.151 e. The van der Waals surface area contributed by atoms with Crippen molar-refractivity contribution in [3.63, 3.8) is 0 Å². The number of aromatic nitrogens is 4. The fraction of sp³-hybridized carbons (Fsp3) is 0. The molecular formula is C14H12N6. The Bertz CT molecular complexity index is 675. The predicted molar refractivity (Wildman–Crippen MR) is 77.4 cm³/mol. The lowest BCUT2D eigenvalue weighted by Gasteiger charge is -2.11. The van der Waals surface area contributed by atoms with E-state index < -0.39 is 0 Å². The zero-order chi connectivity index (χ0) is 13.6. The molecule has 0 bridgehead atoms. The third-order valence-electron chi connectivity index (χ3n) is 2.66. The van der Waals surface area contributed by atoms with Gasteiger partial charge < -0.3 is 5.43 Å². The molecule has 6 heteroatoms. The fourth-order valence-corrected chi connectivity index (χ4v) is 1.72. The second kappa shape index (κ2) is 5.75. The minimum atomic E-state index is 0.838. The number of hydrazine groups is 1. The van der Waals surface area contributed by atoms with Gasteiger partial charge in [-0.05, 0) is 36.4 Å². The van der Waals surface area contributed by atoms with E-state index in [4.69, 9.17) is 0 Å². The molecule has 20 heavy (non-hydrogen) atoms. The number of pyridine rings is 2. The van der Waals surface area contributed by atoms with Crippen LogP contribution in [0.2, 0.25) is 0 Å². The van der Waals surface area contributed by atoms with E-state index in [0.29, 0.717) is 0 Å². The van der Waals surface area contributed by atoms with Gasteiger partial charge in [0.25, 0.3) is 0 Å². The van der Waals surface area contributed by atoms with Gasteiger partial charge in [-0.3, -0.25) is 10.4 Å². The number of rotatable bonds is 0. The topological polar surface area (TPSA) is 75.6 Å². The third-order valence-corrected chi connectivity index (χ3v) is 2.66. The summed E-state index contributed by atoms with van der Waals surface area (Å²) >= 11 is 0. The summed E-state index contributed by atoms with van der Waals surface area (Å²) in [6.45, 7) is 0. The maximum atomic E-state index is 4.09. The van der Waals surface area contributed by atoms with Crippen molar-refractivity contribution in [2.24, 2.45) is 0 Å². The smallest absolute Gasteiger partial charge is 0.151 e. The van der Waals surface area contributed by atoms with Crippen LogP contribution in [-0.2, 0) is 0 Å². The Labute approximate surface area is 115 Å². The molecule has 0 fully saturated rings. The lowest BCUT2D eigenvalue weighted by Crippen LogP contribution is -2.18. The first-order valence-electron chi connectivity index (χ1n) is 6.09. The average molecular weight is 264 g/mol. The first-order chi connectivity index (χ1) is 9.93. The van der Waals surface area contributed by atoms with Gasteiger partial charge in [0.1, 0.15) is 5.52 Å². The van der Waals surface area contributed by atoms with Crippen molar-refractivity contribution in [2.75, 3.05) is 5.43 Å². The highest BCUT2D eigenvalue weighted by Crippen LogP contribution is 2.13. The van der Waals surface area contributed by atoms with Gasteiger partial charge >= 0.3 is 0 Å². The molecule has 2 N–H and O–H groups in total. The van der Waals surface area contributed by atoms with Crippen molar-refractivity contribution >= 4 is 22.9 Å². The van der Waals surface area contributed by atoms with Gasteiger partial charge in [0, 0.05) is 24.2 Å². The number of nitrogens with zero attached hydrogens (tertiary/aromatic N) is 4. The first kappa shape index (κ1) is 12.0. The summed E-state index contributed by atoms with van der Waals surface area (Å²) in [6, 6.07) is 9.48. The van der Waals surface area contributed by atoms with Crippen molar-refractivity contribution in [2.45, 2.75) is 0 Å². The number of hydrogen-bond acceptors (Lipinski definition) is 6. The predicted octanol–water partition coefficient (Wildman–Crippen LogP) is 2.01. The monoisotopic (exact) mass is 264 g/mol. The van der Waals surface area contributed by atoms with Gasteiger partial charge in [0.05, 0.1) is 11.7 Å². The van der Waals surface area contributed by atoms with E-state index in [1.807, 2.05) is 42.6 Å². The largest absolute Gasteiger partial charge is 0.307 e. The van der Waals surface area contributed by atoms with Crippen molar-refractivity contribution < 1.29 is 0 Å². The Morgan fingerprint density at radius 3 is 2.65 bits per heavy atom. The maximum absolute atomic E-state index is 4.09. The minimum Gasteiger partial charge on any atom is -0.307 e. The summed E-state index contributed by atoms with van der Waals surface area (Å²) in [6.07, 6.45) is 8.94. The Hall–Kier alpha value is -3.02. The molecule has 3 aromatic heterocycles. The zero-order valence-corrected chi connectivity index (χ0v) is 10.6. The van der Waals surface area contributed by atoms with Crippen LogP contribution < -0.4 is 10.9 Å². The summed E-state index contributed by atoms with van der Waals surface area (Å²) in [7, 11) is 0. The molecule has 0 saturated heterocycles. The normalized spacial score (nSPS) is 11.6. The summed E-state index contributed by atoms with van der Waals surface area (Å²) in [4.78, 5) is 8.17. The SMILES string of the molecule is C1=Cc2cccnc2NN1.c1cnc2ccnnc2c1. The van der Waals surface area contributed by atoms with E-state index in [0.717, 1.165) is 22.4 Å². The third kappa shape index (κ3) is 2.69. The van der Waals surface area contributed by atoms with Gasteiger partial charge in [-0.25, -0.2) is 4.98 Å². The summed E-state index contributed by atoms with van der Waals surface area (Å²) < 4.78 is 0. The molecule has 6 nitrogen and oxygen atoms in total. The van der Waals surface area contributed by atoms with Crippen LogP contribution in [0.15, 0.2) is 55.1 Å². The number of nitrogens with one attached hydrogen (secondary N) is 2. The first-order valence-corrected chi connectivity index (χ1v) is 6.09. The van der Waals surface area contributed by atoms with E-state index in [1.165, 1.54) is 0 Å². The summed E-state index contributed by atoms with van der Waals surface area (Å²) in [5.74, 6) is 0.880. The number of anilines is 1. The van der Waals surface area contributed by atoms with Gasteiger partial charge in [-0.15, -0.1) is 5.10 Å². The molecule has 0 saturated carbocycles. The molecule has 0 unspecified atom stereocenters.